The molecule has 4 rings (SSSR count). The molecule has 6 heteroatoms. The van der Waals surface area contributed by atoms with Crippen LogP contribution in [0.1, 0.15) is 61.7 Å². The van der Waals surface area contributed by atoms with Gasteiger partial charge < -0.3 is 0 Å². The Balaban J connectivity index is 2.00. The maximum Gasteiger partial charge on any atom is 0.431 e. The molecule has 0 amide bonds. The van der Waals surface area contributed by atoms with Gasteiger partial charge in [0.15, 0.2) is 0 Å². The number of alkyl halides is 3. The number of aryl methyl sites for hydroxylation is 2. The maximum absolute atomic E-state index is 13.9. The van der Waals surface area contributed by atoms with E-state index >= 15 is 0 Å². The second kappa shape index (κ2) is 7.01. The Labute approximate surface area is 172 Å². The first-order chi connectivity index (χ1) is 13.6. The molecule has 0 saturated carbocycles. The lowest BCUT2D eigenvalue weighted by Crippen LogP contribution is -2.27. The highest BCUT2D eigenvalue weighted by Gasteiger charge is 2.36. The molecule has 2 nitrogen and oxygen atoms in total. The van der Waals surface area contributed by atoms with Gasteiger partial charge in [0.05, 0.1) is 5.39 Å². The number of benzene rings is 1. The summed E-state index contributed by atoms with van der Waals surface area (Å²) in [6, 6.07) is 8.01. The van der Waals surface area contributed by atoms with Crippen molar-refractivity contribution in [1.82, 2.24) is 4.57 Å². The average Bonchev–Trinajstić information content (AvgIpc) is 2.82. The SMILES string of the molecule is CC(C)(C)c1ccc(-n2c(C(F)(F)F)cc3sc4c(c3c2=O)CCCCC4)cc1. The monoisotopic (exact) mass is 419 g/mol. The van der Waals surface area contributed by atoms with E-state index in [0.29, 0.717) is 10.1 Å². The van der Waals surface area contributed by atoms with Gasteiger partial charge in [-0.05, 0) is 60.4 Å². The van der Waals surface area contributed by atoms with Gasteiger partial charge in [-0.25, -0.2) is 0 Å². The van der Waals surface area contributed by atoms with Crippen molar-refractivity contribution >= 4 is 21.4 Å². The number of halogens is 3. The topological polar surface area (TPSA) is 22.0 Å². The number of pyridine rings is 1. The van der Waals surface area contributed by atoms with Gasteiger partial charge in [0.25, 0.3) is 5.56 Å². The number of aromatic nitrogens is 1. The molecular formula is C23H24F3NOS. The third-order valence-electron chi connectivity index (χ3n) is 5.66. The Kier molecular flexibility index (Phi) is 4.88. The Hall–Kier alpha value is -2.08. The van der Waals surface area contributed by atoms with Crippen molar-refractivity contribution in [2.45, 2.75) is 64.5 Å². The van der Waals surface area contributed by atoms with Gasteiger partial charge in [0.1, 0.15) is 5.69 Å². The molecule has 0 spiro atoms. The van der Waals surface area contributed by atoms with Crippen LogP contribution >= 0.6 is 11.3 Å². The molecule has 2 heterocycles. The molecule has 1 aromatic carbocycles. The predicted molar refractivity (Wildman–Crippen MR) is 112 cm³/mol. The number of rotatable bonds is 1. The summed E-state index contributed by atoms with van der Waals surface area (Å²) in [5.41, 5.74) is 0.637. The van der Waals surface area contributed by atoms with Gasteiger partial charge in [-0.3, -0.25) is 9.36 Å². The zero-order chi connectivity index (χ0) is 21.0. The summed E-state index contributed by atoms with van der Waals surface area (Å²) in [4.78, 5) is 14.5. The van der Waals surface area contributed by atoms with Crippen LogP contribution in [0.15, 0.2) is 35.1 Å². The van der Waals surface area contributed by atoms with Crippen LogP contribution < -0.4 is 5.56 Å². The van der Waals surface area contributed by atoms with Crippen LogP contribution in [0.2, 0.25) is 0 Å². The molecule has 0 aliphatic heterocycles. The van der Waals surface area contributed by atoms with Crippen molar-refractivity contribution in [3.05, 3.63) is 62.4 Å². The van der Waals surface area contributed by atoms with E-state index in [-0.39, 0.29) is 11.1 Å². The summed E-state index contributed by atoms with van der Waals surface area (Å²) in [7, 11) is 0. The molecule has 3 aromatic rings. The Morgan fingerprint density at radius 1 is 0.966 bits per heavy atom. The van der Waals surface area contributed by atoms with Gasteiger partial charge in [-0.2, -0.15) is 13.2 Å². The van der Waals surface area contributed by atoms with Crippen molar-refractivity contribution < 1.29 is 13.2 Å². The lowest BCUT2D eigenvalue weighted by atomic mass is 9.87. The number of hydrogen-bond acceptors (Lipinski definition) is 2. The average molecular weight is 420 g/mol. The van der Waals surface area contributed by atoms with Crippen LogP contribution in [0.4, 0.5) is 13.2 Å². The fraction of sp³-hybridized carbons (Fsp3) is 0.435. The quantitative estimate of drug-likeness (QED) is 0.405. The highest BCUT2D eigenvalue weighted by molar-refractivity contribution is 7.19. The van der Waals surface area contributed by atoms with Crippen LogP contribution in [0, 0.1) is 0 Å². The molecule has 154 valence electrons. The fourth-order valence-electron chi connectivity index (χ4n) is 4.09. The molecule has 2 aromatic heterocycles. The van der Waals surface area contributed by atoms with E-state index in [0.717, 1.165) is 58.7 Å². The van der Waals surface area contributed by atoms with Crippen LogP contribution in [-0.2, 0) is 24.4 Å². The largest absolute Gasteiger partial charge is 0.431 e. The highest BCUT2D eigenvalue weighted by atomic mass is 32.1. The molecule has 1 aliphatic rings. The number of fused-ring (bicyclic) bond motifs is 3. The van der Waals surface area contributed by atoms with Crippen molar-refractivity contribution in [3.63, 3.8) is 0 Å². The zero-order valence-corrected chi connectivity index (χ0v) is 17.6. The molecule has 1 aliphatic carbocycles. The number of nitrogens with zero attached hydrogens (tertiary/aromatic N) is 1. The van der Waals surface area contributed by atoms with Crippen LogP contribution in [0.3, 0.4) is 0 Å². The van der Waals surface area contributed by atoms with Crippen molar-refractivity contribution in [2.24, 2.45) is 0 Å². The molecule has 0 N–H and O–H groups in total. The molecular weight excluding hydrogens is 395 g/mol. The van der Waals surface area contributed by atoms with E-state index in [9.17, 15) is 18.0 Å². The third-order valence-corrected chi connectivity index (χ3v) is 6.89. The molecule has 0 unspecified atom stereocenters. The summed E-state index contributed by atoms with van der Waals surface area (Å²) in [5.74, 6) is 0. The van der Waals surface area contributed by atoms with Crippen molar-refractivity contribution in [2.75, 3.05) is 0 Å². The zero-order valence-electron chi connectivity index (χ0n) is 16.8. The van der Waals surface area contributed by atoms with Crippen molar-refractivity contribution in [1.29, 1.82) is 0 Å². The second-order valence-corrected chi connectivity index (χ2v) is 9.91. The van der Waals surface area contributed by atoms with Gasteiger partial charge in [0.2, 0.25) is 0 Å². The van der Waals surface area contributed by atoms with Gasteiger partial charge in [-0.1, -0.05) is 39.3 Å². The molecule has 0 saturated heterocycles. The first-order valence-corrected chi connectivity index (χ1v) is 10.8. The maximum atomic E-state index is 13.9. The Morgan fingerprint density at radius 3 is 2.24 bits per heavy atom. The first kappa shape index (κ1) is 20.2. The fourth-order valence-corrected chi connectivity index (χ4v) is 5.41. The summed E-state index contributed by atoms with van der Waals surface area (Å²) < 4.78 is 43.0. The van der Waals surface area contributed by atoms with E-state index in [1.54, 1.807) is 24.3 Å². The molecule has 0 bridgehead atoms. The molecule has 0 radical (unpaired) electrons. The Morgan fingerprint density at radius 2 is 1.62 bits per heavy atom. The van der Waals surface area contributed by atoms with Gasteiger partial charge in [-0.15, -0.1) is 11.3 Å². The lowest BCUT2D eigenvalue weighted by molar-refractivity contribution is -0.142. The summed E-state index contributed by atoms with van der Waals surface area (Å²) >= 11 is 1.35. The highest BCUT2D eigenvalue weighted by Crippen LogP contribution is 2.38. The summed E-state index contributed by atoms with van der Waals surface area (Å²) in [6.45, 7) is 6.13. The van der Waals surface area contributed by atoms with E-state index in [1.165, 1.54) is 11.3 Å². The predicted octanol–water partition coefficient (Wildman–Crippen LogP) is 6.64. The van der Waals surface area contributed by atoms with E-state index < -0.39 is 17.4 Å². The molecule has 0 fully saturated rings. The van der Waals surface area contributed by atoms with Gasteiger partial charge in [0, 0.05) is 15.3 Å². The molecule has 0 atom stereocenters. The van der Waals surface area contributed by atoms with Gasteiger partial charge >= 0.3 is 6.18 Å². The number of thiophene rings is 1. The van der Waals surface area contributed by atoms with Crippen LogP contribution in [-0.4, -0.2) is 4.57 Å². The van der Waals surface area contributed by atoms with E-state index in [4.69, 9.17) is 0 Å². The third kappa shape index (κ3) is 3.63. The van der Waals surface area contributed by atoms with E-state index in [2.05, 4.69) is 0 Å². The minimum Gasteiger partial charge on any atom is -0.272 e. The second-order valence-electron chi connectivity index (χ2n) is 8.77. The minimum absolute atomic E-state index is 0.120. The normalized spacial score (nSPS) is 15.4. The summed E-state index contributed by atoms with van der Waals surface area (Å²) in [5, 5.41) is 0.472. The van der Waals surface area contributed by atoms with Crippen molar-refractivity contribution in [3.8, 4) is 5.69 Å². The number of hydrogen-bond donors (Lipinski definition) is 0. The van der Waals surface area contributed by atoms with Crippen LogP contribution in [0.5, 0.6) is 0 Å². The first-order valence-electron chi connectivity index (χ1n) is 9.96. The van der Waals surface area contributed by atoms with E-state index in [1.807, 2.05) is 20.8 Å². The molecule has 29 heavy (non-hydrogen) atoms. The minimum atomic E-state index is -4.61. The van der Waals surface area contributed by atoms with Crippen LogP contribution in [0.25, 0.3) is 15.8 Å². The standard InChI is InChI=1S/C23H24F3NOS/c1-22(2,3)14-9-11-15(12-10-14)27-19(23(24,25)26)13-18-20(21(27)28)16-7-5-4-6-8-17(16)29-18/h9-13H,4-8H2,1-3H3. The lowest BCUT2D eigenvalue weighted by Gasteiger charge is -2.20. The summed E-state index contributed by atoms with van der Waals surface area (Å²) in [6.07, 6.45) is 0.0754. The Bertz CT molecular complexity index is 1110. The smallest absolute Gasteiger partial charge is 0.272 e.